The van der Waals surface area contributed by atoms with Gasteiger partial charge in [-0.15, -0.1) is 11.8 Å². The molecule has 1 unspecified atom stereocenters. The molecule has 0 fully saturated rings. The number of hydrogen-bond donors (Lipinski definition) is 1. The number of anilines is 1. The number of methoxy groups -OCH3 is 1. The van der Waals surface area contributed by atoms with E-state index in [1.807, 2.05) is 44.2 Å². The van der Waals surface area contributed by atoms with Crippen molar-refractivity contribution in [3.63, 3.8) is 0 Å². The molecular weight excluding hydrogens is 503 g/mol. The van der Waals surface area contributed by atoms with Crippen LogP contribution in [0.25, 0.3) is 5.69 Å². The van der Waals surface area contributed by atoms with Crippen LogP contribution in [0, 0.1) is 11.7 Å². The smallest absolute Gasteiger partial charge is 0.240 e. The van der Waals surface area contributed by atoms with E-state index in [1.165, 1.54) is 28.8 Å². The molecule has 0 bridgehead atoms. The lowest BCUT2D eigenvalue weighted by molar-refractivity contribution is -0.123. The third kappa shape index (κ3) is 5.88. The molecule has 0 spiro atoms. The van der Waals surface area contributed by atoms with Gasteiger partial charge in [0.2, 0.25) is 11.8 Å². The Hall–Kier alpha value is -3.33. The Morgan fingerprint density at radius 2 is 1.92 bits per heavy atom. The number of benzene rings is 2. The van der Waals surface area contributed by atoms with Crippen LogP contribution in [0.2, 0.25) is 0 Å². The molecule has 1 aromatic heterocycles. The first-order valence-electron chi connectivity index (χ1n) is 12.7. The number of carbonyl (C=O) groups is 2. The molecule has 1 atom stereocenters. The van der Waals surface area contributed by atoms with Crippen LogP contribution in [0.3, 0.4) is 0 Å². The number of carbonyl (C=O) groups excluding carboxylic acids is 2. The molecule has 38 heavy (non-hydrogen) atoms. The van der Waals surface area contributed by atoms with Gasteiger partial charge in [0.05, 0.1) is 29.5 Å². The average molecular weight is 539 g/mol. The maximum atomic E-state index is 14.4. The zero-order valence-electron chi connectivity index (χ0n) is 22.7. The molecule has 2 heterocycles. The summed E-state index contributed by atoms with van der Waals surface area (Å²) in [5.41, 5.74) is 2.67. The summed E-state index contributed by atoms with van der Waals surface area (Å²) in [5.74, 6) is 0.849. The predicted molar refractivity (Wildman–Crippen MR) is 150 cm³/mol. The summed E-state index contributed by atoms with van der Waals surface area (Å²) in [4.78, 5) is 28.2. The number of ether oxygens (including phenoxy) is 1. The summed E-state index contributed by atoms with van der Waals surface area (Å²) >= 11 is 1.43. The Kier molecular flexibility index (Phi) is 8.16. The number of aromatic nitrogens is 2. The van der Waals surface area contributed by atoms with Crippen LogP contribution in [0.1, 0.15) is 56.7 Å². The van der Waals surface area contributed by atoms with E-state index in [4.69, 9.17) is 9.84 Å². The summed E-state index contributed by atoms with van der Waals surface area (Å²) in [6.07, 6.45) is 0. The van der Waals surface area contributed by atoms with Crippen molar-refractivity contribution >= 4 is 29.4 Å². The van der Waals surface area contributed by atoms with Gasteiger partial charge in [-0.1, -0.05) is 46.8 Å². The third-order valence-corrected chi connectivity index (χ3v) is 7.53. The largest absolute Gasteiger partial charge is 0.497 e. The number of nitrogens with one attached hydrogen (secondary N) is 1. The predicted octanol–water partition coefficient (Wildman–Crippen LogP) is 5.26. The molecule has 1 aliphatic rings. The van der Waals surface area contributed by atoms with Gasteiger partial charge < -0.3 is 10.1 Å². The fourth-order valence-electron chi connectivity index (χ4n) is 4.43. The topological polar surface area (TPSA) is 76.5 Å². The molecule has 1 aliphatic heterocycles. The van der Waals surface area contributed by atoms with E-state index in [0.717, 1.165) is 22.5 Å². The minimum atomic E-state index is -0.396. The fourth-order valence-corrected chi connectivity index (χ4v) is 5.61. The van der Waals surface area contributed by atoms with Crippen molar-refractivity contribution in [1.29, 1.82) is 0 Å². The Bertz CT molecular complexity index is 1310. The third-order valence-electron chi connectivity index (χ3n) is 6.28. The second-order valence-corrected chi connectivity index (χ2v) is 12.0. The molecule has 202 valence electrons. The van der Waals surface area contributed by atoms with E-state index < -0.39 is 5.41 Å². The van der Waals surface area contributed by atoms with Crippen LogP contribution in [0.4, 0.5) is 10.2 Å². The number of nitrogens with zero attached hydrogens (tertiary/aromatic N) is 3. The van der Waals surface area contributed by atoms with Crippen LogP contribution in [0.15, 0.2) is 48.5 Å². The van der Waals surface area contributed by atoms with Crippen LogP contribution in [-0.4, -0.2) is 47.5 Å². The normalized spacial score (nSPS) is 15.8. The first-order valence-corrected chi connectivity index (χ1v) is 13.8. The van der Waals surface area contributed by atoms with Crippen molar-refractivity contribution in [2.45, 2.75) is 45.3 Å². The number of amides is 2. The lowest BCUT2D eigenvalue weighted by Gasteiger charge is -2.24. The van der Waals surface area contributed by atoms with Crippen molar-refractivity contribution < 1.29 is 18.7 Å². The molecule has 3 aromatic rings. The van der Waals surface area contributed by atoms with Gasteiger partial charge in [-0.3, -0.25) is 14.5 Å². The van der Waals surface area contributed by atoms with E-state index in [1.54, 1.807) is 17.9 Å². The number of halogens is 1. The number of thioether (sulfide) groups is 1. The summed E-state index contributed by atoms with van der Waals surface area (Å²) < 4.78 is 21.5. The van der Waals surface area contributed by atoms with E-state index in [2.05, 4.69) is 26.1 Å². The molecule has 4 rings (SSSR count). The molecule has 0 radical (unpaired) electrons. The van der Waals surface area contributed by atoms with Crippen molar-refractivity contribution in [1.82, 2.24) is 15.1 Å². The molecule has 1 N–H and O–H groups in total. The van der Waals surface area contributed by atoms with Gasteiger partial charge in [-0.2, -0.15) is 5.10 Å². The maximum Gasteiger partial charge on any atom is 0.240 e. The SMILES string of the molecule is COc1ccc(-n2nc(C(C)(C)C)c3c2N(CC(=O)NCC(C)C)C(=O)CSC3c2cccc(F)c2)cc1. The summed E-state index contributed by atoms with van der Waals surface area (Å²) in [6, 6.07) is 13.9. The highest BCUT2D eigenvalue weighted by molar-refractivity contribution is 8.00. The zero-order chi connectivity index (χ0) is 27.6. The van der Waals surface area contributed by atoms with E-state index >= 15 is 0 Å². The van der Waals surface area contributed by atoms with Gasteiger partial charge >= 0.3 is 0 Å². The number of hydrogen-bond acceptors (Lipinski definition) is 5. The van der Waals surface area contributed by atoms with Gasteiger partial charge in [-0.05, 0) is 47.9 Å². The highest BCUT2D eigenvalue weighted by atomic mass is 32.2. The van der Waals surface area contributed by atoms with Crippen LogP contribution < -0.4 is 15.0 Å². The van der Waals surface area contributed by atoms with E-state index in [0.29, 0.717) is 18.1 Å². The maximum absolute atomic E-state index is 14.4. The van der Waals surface area contributed by atoms with E-state index in [-0.39, 0.29) is 41.1 Å². The van der Waals surface area contributed by atoms with Crippen molar-refractivity contribution in [3.8, 4) is 11.4 Å². The van der Waals surface area contributed by atoms with Crippen molar-refractivity contribution in [2.24, 2.45) is 5.92 Å². The molecular formula is C29H35FN4O3S. The first kappa shape index (κ1) is 27.7. The van der Waals surface area contributed by atoms with E-state index in [9.17, 15) is 14.0 Å². The van der Waals surface area contributed by atoms with Crippen LogP contribution in [-0.2, 0) is 15.0 Å². The minimum Gasteiger partial charge on any atom is -0.497 e. The van der Waals surface area contributed by atoms with Gasteiger partial charge in [0, 0.05) is 17.5 Å². The Labute approximate surface area is 227 Å². The summed E-state index contributed by atoms with van der Waals surface area (Å²) in [7, 11) is 1.60. The monoisotopic (exact) mass is 538 g/mol. The lowest BCUT2D eigenvalue weighted by Crippen LogP contribution is -2.43. The average Bonchev–Trinajstić information content (AvgIpc) is 3.20. The summed E-state index contributed by atoms with van der Waals surface area (Å²) in [5, 5.41) is 7.61. The molecule has 0 saturated heterocycles. The second-order valence-electron chi connectivity index (χ2n) is 10.9. The second kappa shape index (κ2) is 11.2. The Morgan fingerprint density at radius 3 is 2.53 bits per heavy atom. The Balaban J connectivity index is 1.96. The molecule has 2 aromatic carbocycles. The van der Waals surface area contributed by atoms with Gasteiger partial charge in [-0.25, -0.2) is 9.07 Å². The van der Waals surface area contributed by atoms with Crippen molar-refractivity contribution in [3.05, 3.63) is 71.2 Å². The first-order chi connectivity index (χ1) is 18.0. The molecule has 2 amide bonds. The van der Waals surface area contributed by atoms with Crippen molar-refractivity contribution in [2.75, 3.05) is 30.9 Å². The molecule has 9 heteroatoms. The highest BCUT2D eigenvalue weighted by Gasteiger charge is 2.40. The standard InChI is InChI=1S/C29H35FN4O3S/c1-18(2)15-31-23(35)16-33-24(36)17-38-26(19-8-7-9-20(30)14-19)25-27(29(3,4)5)32-34(28(25)33)21-10-12-22(37-6)13-11-21/h7-14,18,26H,15-17H2,1-6H3,(H,31,35). The summed E-state index contributed by atoms with van der Waals surface area (Å²) in [6.45, 7) is 10.6. The highest BCUT2D eigenvalue weighted by Crippen LogP contribution is 2.48. The molecule has 7 nitrogen and oxygen atoms in total. The van der Waals surface area contributed by atoms with Gasteiger partial charge in [0.25, 0.3) is 0 Å². The van der Waals surface area contributed by atoms with Gasteiger partial charge in [0.15, 0.2) is 0 Å². The van der Waals surface area contributed by atoms with Gasteiger partial charge in [0.1, 0.15) is 23.9 Å². The number of fused-ring (bicyclic) bond motifs is 1. The lowest BCUT2D eigenvalue weighted by atomic mass is 9.87. The number of rotatable bonds is 7. The fraction of sp³-hybridized carbons (Fsp3) is 0.414. The minimum absolute atomic E-state index is 0.138. The van der Waals surface area contributed by atoms with Crippen LogP contribution in [0.5, 0.6) is 5.75 Å². The zero-order valence-corrected chi connectivity index (χ0v) is 23.6. The Morgan fingerprint density at radius 1 is 1.21 bits per heavy atom. The quantitative estimate of drug-likeness (QED) is 0.444. The molecule has 0 saturated carbocycles. The molecule has 0 aliphatic carbocycles. The van der Waals surface area contributed by atoms with Crippen LogP contribution >= 0.6 is 11.8 Å².